The number of guanidine groups is 1. The number of nitrogens with zero attached hydrogens (tertiary/aromatic N) is 1. The Hall–Kier alpha value is -2.05. The minimum atomic E-state index is -1.03. The van der Waals surface area contributed by atoms with Gasteiger partial charge in [0.25, 0.3) is 0 Å². The number of amides is 1. The van der Waals surface area contributed by atoms with Crippen LogP contribution in [0, 0.1) is 0 Å². The number of unbranched alkanes of at least 4 members (excludes halogenated alkanes) is 7. The van der Waals surface area contributed by atoms with E-state index in [2.05, 4.69) is 29.4 Å². The lowest BCUT2D eigenvalue weighted by Crippen LogP contribution is -2.40. The molecule has 0 spiro atoms. The fourth-order valence-electron chi connectivity index (χ4n) is 2.68. The molecule has 0 bridgehead atoms. The number of nitrogens with two attached hydrogens (primary N) is 2. The first-order chi connectivity index (χ1) is 13.0. The summed E-state index contributed by atoms with van der Waals surface area (Å²) in [5.74, 6) is -1.26. The highest BCUT2D eigenvalue weighted by atomic mass is 16.4. The predicted octanol–water partition coefficient (Wildman–Crippen LogP) is 3.09. The summed E-state index contributed by atoms with van der Waals surface area (Å²) in [5.41, 5.74) is 10.4. The highest BCUT2D eigenvalue weighted by Crippen LogP contribution is 2.07. The second-order valence-corrected chi connectivity index (χ2v) is 6.83. The number of carbonyl (C=O) groups excluding carboxylic acids is 1. The molecular formula is C20H38N4O3. The molecule has 0 aromatic rings. The number of carboxylic acids is 1. The van der Waals surface area contributed by atoms with Crippen LogP contribution in [0.2, 0.25) is 0 Å². The van der Waals surface area contributed by atoms with E-state index in [4.69, 9.17) is 11.5 Å². The van der Waals surface area contributed by atoms with Crippen molar-refractivity contribution in [2.45, 2.75) is 90.0 Å². The van der Waals surface area contributed by atoms with Crippen LogP contribution in [0.1, 0.15) is 84.0 Å². The third kappa shape index (κ3) is 17.1. The van der Waals surface area contributed by atoms with Crippen molar-refractivity contribution >= 4 is 17.8 Å². The van der Waals surface area contributed by atoms with Crippen LogP contribution in [0.25, 0.3) is 0 Å². The molecule has 7 nitrogen and oxygen atoms in total. The fourth-order valence-corrected chi connectivity index (χ4v) is 2.68. The maximum absolute atomic E-state index is 11.9. The monoisotopic (exact) mass is 382 g/mol. The quantitative estimate of drug-likeness (QED) is 0.133. The van der Waals surface area contributed by atoms with Crippen LogP contribution in [-0.2, 0) is 9.59 Å². The molecular weight excluding hydrogens is 344 g/mol. The van der Waals surface area contributed by atoms with Crippen molar-refractivity contribution in [3.8, 4) is 0 Å². The molecule has 0 aliphatic carbocycles. The van der Waals surface area contributed by atoms with E-state index in [0.717, 1.165) is 32.1 Å². The molecule has 0 heterocycles. The molecule has 6 N–H and O–H groups in total. The van der Waals surface area contributed by atoms with Gasteiger partial charge in [-0.05, 0) is 44.9 Å². The first kappa shape index (κ1) is 24.9. The molecule has 0 aromatic carbocycles. The van der Waals surface area contributed by atoms with E-state index in [1.54, 1.807) is 0 Å². The molecule has 0 saturated carbocycles. The van der Waals surface area contributed by atoms with Crippen LogP contribution in [-0.4, -0.2) is 35.5 Å². The lowest BCUT2D eigenvalue weighted by atomic mass is 10.1. The van der Waals surface area contributed by atoms with Crippen molar-refractivity contribution in [2.24, 2.45) is 16.5 Å². The molecule has 0 radical (unpaired) electrons. The number of allylic oxidation sites excluding steroid dienone is 2. The van der Waals surface area contributed by atoms with Crippen LogP contribution in [0.3, 0.4) is 0 Å². The molecule has 0 rings (SSSR count). The summed E-state index contributed by atoms with van der Waals surface area (Å²) in [6, 6.07) is -0.887. The molecule has 0 aliphatic heterocycles. The summed E-state index contributed by atoms with van der Waals surface area (Å²) in [7, 11) is 0. The lowest BCUT2D eigenvalue weighted by Gasteiger charge is -2.14. The third-order valence-electron chi connectivity index (χ3n) is 4.24. The van der Waals surface area contributed by atoms with Gasteiger partial charge >= 0.3 is 5.97 Å². The van der Waals surface area contributed by atoms with Gasteiger partial charge in [-0.25, -0.2) is 4.79 Å². The molecule has 0 unspecified atom stereocenters. The van der Waals surface area contributed by atoms with Gasteiger partial charge in [-0.2, -0.15) is 0 Å². The van der Waals surface area contributed by atoms with E-state index >= 15 is 0 Å². The molecule has 156 valence electrons. The molecule has 0 saturated heterocycles. The fraction of sp³-hybridized carbons (Fsp3) is 0.750. The Bertz CT molecular complexity index is 460. The van der Waals surface area contributed by atoms with E-state index in [-0.39, 0.29) is 11.9 Å². The normalized spacial score (nSPS) is 12.0. The number of aliphatic carboxylic acids is 1. The van der Waals surface area contributed by atoms with Gasteiger partial charge in [0.05, 0.1) is 0 Å². The second kappa shape index (κ2) is 17.4. The molecule has 0 aromatic heterocycles. The highest BCUT2D eigenvalue weighted by molar-refractivity contribution is 5.83. The van der Waals surface area contributed by atoms with Gasteiger partial charge in [0, 0.05) is 13.0 Å². The summed E-state index contributed by atoms with van der Waals surface area (Å²) < 4.78 is 0. The average Bonchev–Trinajstić information content (AvgIpc) is 2.61. The second-order valence-electron chi connectivity index (χ2n) is 6.83. The largest absolute Gasteiger partial charge is 0.480 e. The van der Waals surface area contributed by atoms with Crippen molar-refractivity contribution in [3.05, 3.63) is 12.2 Å². The Labute approximate surface area is 163 Å². The van der Waals surface area contributed by atoms with E-state index < -0.39 is 12.0 Å². The van der Waals surface area contributed by atoms with E-state index in [1.807, 2.05) is 0 Å². The number of carbonyl (C=O) groups is 2. The summed E-state index contributed by atoms with van der Waals surface area (Å²) in [5, 5.41) is 11.8. The van der Waals surface area contributed by atoms with Crippen molar-refractivity contribution in [2.75, 3.05) is 6.54 Å². The highest BCUT2D eigenvalue weighted by Gasteiger charge is 2.18. The molecule has 0 aliphatic rings. The van der Waals surface area contributed by atoms with Crippen LogP contribution in [0.4, 0.5) is 0 Å². The number of hydrogen-bond acceptors (Lipinski definition) is 3. The van der Waals surface area contributed by atoms with Gasteiger partial charge < -0.3 is 21.9 Å². The number of nitrogens with one attached hydrogen (secondary N) is 1. The molecule has 1 amide bonds. The molecule has 7 heteroatoms. The van der Waals surface area contributed by atoms with Gasteiger partial charge in [-0.1, -0.05) is 44.8 Å². The Morgan fingerprint density at radius 2 is 1.63 bits per heavy atom. The summed E-state index contributed by atoms with van der Waals surface area (Å²) >= 11 is 0. The number of rotatable bonds is 17. The third-order valence-corrected chi connectivity index (χ3v) is 4.24. The predicted molar refractivity (Wildman–Crippen MR) is 110 cm³/mol. The zero-order valence-corrected chi connectivity index (χ0v) is 16.8. The zero-order chi connectivity index (χ0) is 20.3. The van der Waals surface area contributed by atoms with Crippen molar-refractivity contribution in [1.29, 1.82) is 0 Å². The number of aliphatic imine (C=N–C) groups is 1. The lowest BCUT2D eigenvalue weighted by molar-refractivity contribution is -0.142. The number of carboxylic acid groups (broad SMARTS) is 1. The SMILES string of the molecule is CCCCCC/C=C/CCCCCC(=O)N[C@@H](CCCN=C(N)N)C(=O)O. The molecule has 27 heavy (non-hydrogen) atoms. The molecule has 0 fully saturated rings. The van der Waals surface area contributed by atoms with Crippen molar-refractivity contribution < 1.29 is 14.7 Å². The Morgan fingerprint density at radius 3 is 2.19 bits per heavy atom. The Morgan fingerprint density at radius 1 is 1.00 bits per heavy atom. The Kier molecular flexibility index (Phi) is 16.0. The summed E-state index contributed by atoms with van der Waals surface area (Å²) in [6.45, 7) is 2.57. The van der Waals surface area contributed by atoms with Gasteiger partial charge in [0.1, 0.15) is 6.04 Å². The number of hydrogen-bond donors (Lipinski definition) is 4. The Balaban J connectivity index is 3.76. The minimum absolute atomic E-state index is 0.0164. The molecule has 1 atom stereocenters. The van der Waals surface area contributed by atoms with Crippen molar-refractivity contribution in [3.63, 3.8) is 0 Å². The topological polar surface area (TPSA) is 131 Å². The maximum Gasteiger partial charge on any atom is 0.326 e. The van der Waals surface area contributed by atoms with Gasteiger partial charge in [-0.3, -0.25) is 9.79 Å². The van der Waals surface area contributed by atoms with Gasteiger partial charge in [0.2, 0.25) is 5.91 Å². The maximum atomic E-state index is 11.9. The van der Waals surface area contributed by atoms with Gasteiger partial charge in [-0.15, -0.1) is 0 Å². The van der Waals surface area contributed by atoms with Crippen molar-refractivity contribution in [1.82, 2.24) is 5.32 Å². The van der Waals surface area contributed by atoms with E-state index in [0.29, 0.717) is 25.8 Å². The zero-order valence-electron chi connectivity index (χ0n) is 16.8. The summed E-state index contributed by atoms with van der Waals surface area (Å²) in [4.78, 5) is 26.9. The van der Waals surface area contributed by atoms with Gasteiger partial charge in [0.15, 0.2) is 5.96 Å². The minimum Gasteiger partial charge on any atom is -0.480 e. The van der Waals surface area contributed by atoms with Crippen LogP contribution >= 0.6 is 0 Å². The van der Waals surface area contributed by atoms with Crippen LogP contribution in [0.15, 0.2) is 17.1 Å². The smallest absolute Gasteiger partial charge is 0.326 e. The van der Waals surface area contributed by atoms with E-state index in [9.17, 15) is 14.7 Å². The van der Waals surface area contributed by atoms with Crippen LogP contribution < -0.4 is 16.8 Å². The standard InChI is InChI=1S/C20H38N4O3/c1-2-3-4-5-6-7-8-9-10-11-12-15-18(25)24-17(19(26)27)14-13-16-23-20(21)22/h7-8,17H,2-6,9-16H2,1H3,(H,24,25)(H,26,27)(H4,21,22,23)/b8-7+/t17-/m0/s1. The average molecular weight is 383 g/mol. The first-order valence-electron chi connectivity index (χ1n) is 10.2. The van der Waals surface area contributed by atoms with Crippen LogP contribution in [0.5, 0.6) is 0 Å². The first-order valence-corrected chi connectivity index (χ1v) is 10.2. The summed E-state index contributed by atoms with van der Waals surface area (Å²) in [6.07, 6.45) is 15.8. The van der Waals surface area contributed by atoms with E-state index in [1.165, 1.54) is 25.7 Å².